The summed E-state index contributed by atoms with van der Waals surface area (Å²) in [7, 11) is 0. The molecule has 0 heterocycles. The van der Waals surface area contributed by atoms with E-state index in [-0.39, 0.29) is 0 Å². The molecular weight excluding hydrogens is 252 g/mol. The molecular formula is C16H24N2S. The highest BCUT2D eigenvalue weighted by molar-refractivity contribution is 7.80. The summed E-state index contributed by atoms with van der Waals surface area (Å²) in [6.07, 6.45) is 6.28. The van der Waals surface area contributed by atoms with Gasteiger partial charge < -0.3 is 10.6 Å². The topological polar surface area (TPSA) is 24.1 Å². The summed E-state index contributed by atoms with van der Waals surface area (Å²) in [5.74, 6) is 0.554. The van der Waals surface area contributed by atoms with E-state index in [1.807, 2.05) is 0 Å². The molecule has 19 heavy (non-hydrogen) atoms. The zero-order valence-electron chi connectivity index (χ0n) is 11.9. The van der Waals surface area contributed by atoms with Crippen molar-refractivity contribution < 1.29 is 0 Å². The number of hydrogen-bond acceptors (Lipinski definition) is 1. The maximum absolute atomic E-state index is 5.43. The molecule has 0 amide bonds. The van der Waals surface area contributed by atoms with Gasteiger partial charge in [0.15, 0.2) is 5.11 Å². The molecule has 0 radical (unpaired) electrons. The largest absolute Gasteiger partial charge is 0.360 e. The van der Waals surface area contributed by atoms with Crippen molar-refractivity contribution in [2.75, 3.05) is 5.32 Å². The van der Waals surface area contributed by atoms with Crippen molar-refractivity contribution in [2.24, 2.45) is 0 Å². The summed E-state index contributed by atoms with van der Waals surface area (Å²) >= 11 is 5.43. The van der Waals surface area contributed by atoms with Gasteiger partial charge in [0, 0.05) is 11.7 Å². The van der Waals surface area contributed by atoms with Gasteiger partial charge in [-0.15, -0.1) is 0 Å². The molecule has 0 aliphatic heterocycles. The van der Waals surface area contributed by atoms with E-state index >= 15 is 0 Å². The van der Waals surface area contributed by atoms with Crippen molar-refractivity contribution in [1.29, 1.82) is 0 Å². The molecule has 0 bridgehead atoms. The highest BCUT2D eigenvalue weighted by Crippen LogP contribution is 2.26. The lowest BCUT2D eigenvalue weighted by molar-refractivity contribution is 0.634. The molecule has 1 aromatic carbocycles. The lowest BCUT2D eigenvalue weighted by Crippen LogP contribution is -2.36. The summed E-state index contributed by atoms with van der Waals surface area (Å²) in [5.41, 5.74) is 2.49. The summed E-state index contributed by atoms with van der Waals surface area (Å²) in [6, 6.07) is 9.03. The van der Waals surface area contributed by atoms with E-state index in [4.69, 9.17) is 12.2 Å². The van der Waals surface area contributed by atoms with Gasteiger partial charge in [0.1, 0.15) is 0 Å². The Morgan fingerprint density at radius 1 is 1.32 bits per heavy atom. The first-order valence-corrected chi connectivity index (χ1v) is 7.78. The first kappa shape index (κ1) is 14.3. The fourth-order valence-corrected chi connectivity index (χ4v) is 2.95. The van der Waals surface area contributed by atoms with Gasteiger partial charge in [-0.2, -0.15) is 0 Å². The Morgan fingerprint density at radius 3 is 2.68 bits per heavy atom. The molecule has 3 heteroatoms. The van der Waals surface area contributed by atoms with Crippen molar-refractivity contribution in [3.8, 4) is 0 Å². The zero-order valence-corrected chi connectivity index (χ0v) is 12.7. The number of para-hydroxylation sites is 1. The smallest absolute Gasteiger partial charge is 0.171 e. The number of nitrogens with one attached hydrogen (secondary N) is 2. The minimum Gasteiger partial charge on any atom is -0.360 e. The van der Waals surface area contributed by atoms with Crippen LogP contribution in [0.5, 0.6) is 0 Å². The fraction of sp³-hybridized carbons (Fsp3) is 0.562. The molecule has 1 aromatic rings. The molecule has 1 aliphatic carbocycles. The van der Waals surface area contributed by atoms with E-state index in [1.54, 1.807) is 0 Å². The van der Waals surface area contributed by atoms with Gasteiger partial charge in [0.2, 0.25) is 0 Å². The van der Waals surface area contributed by atoms with Crippen LogP contribution in [0.2, 0.25) is 0 Å². The van der Waals surface area contributed by atoms with Crippen molar-refractivity contribution in [3.63, 3.8) is 0 Å². The van der Waals surface area contributed by atoms with Gasteiger partial charge in [-0.3, -0.25) is 0 Å². The number of rotatable bonds is 4. The third-order valence-corrected chi connectivity index (χ3v) is 4.26. The Labute approximate surface area is 122 Å². The molecule has 0 spiro atoms. The van der Waals surface area contributed by atoms with Crippen LogP contribution in [0.1, 0.15) is 57.4 Å². The van der Waals surface area contributed by atoms with Crippen molar-refractivity contribution >= 4 is 23.0 Å². The molecule has 1 atom stereocenters. The van der Waals surface area contributed by atoms with Crippen molar-refractivity contribution in [1.82, 2.24) is 5.32 Å². The normalized spacial score (nSPS) is 17.2. The average Bonchev–Trinajstić information content (AvgIpc) is 2.91. The van der Waals surface area contributed by atoms with E-state index < -0.39 is 0 Å². The average molecular weight is 276 g/mol. The molecule has 0 saturated heterocycles. The van der Waals surface area contributed by atoms with Crippen LogP contribution in [0.15, 0.2) is 24.3 Å². The van der Waals surface area contributed by atoms with E-state index in [9.17, 15) is 0 Å². The number of thiocarbonyl (C=S) groups is 1. The van der Waals surface area contributed by atoms with Gasteiger partial charge in [-0.05, 0) is 49.0 Å². The number of benzene rings is 1. The first-order chi connectivity index (χ1) is 9.20. The van der Waals surface area contributed by atoms with Crippen LogP contribution in [0, 0.1) is 0 Å². The second-order valence-corrected chi connectivity index (χ2v) is 5.88. The predicted octanol–water partition coefficient (Wildman–Crippen LogP) is 4.43. The molecule has 1 saturated carbocycles. The summed E-state index contributed by atoms with van der Waals surface area (Å²) in [6.45, 7) is 4.48. The molecule has 1 fully saturated rings. The molecule has 1 aliphatic rings. The molecule has 104 valence electrons. The lowest BCUT2D eigenvalue weighted by atomic mass is 9.97. The van der Waals surface area contributed by atoms with Crippen molar-refractivity contribution in [2.45, 2.75) is 57.9 Å². The lowest BCUT2D eigenvalue weighted by Gasteiger charge is -2.19. The Morgan fingerprint density at radius 2 is 2.00 bits per heavy atom. The first-order valence-electron chi connectivity index (χ1n) is 7.37. The standard InChI is InChI=1S/C16H24N2S/c1-3-12(2)14-10-6-7-11-15(14)18-16(19)17-13-8-4-5-9-13/h6-7,10-13H,3-5,8-9H2,1-2H3,(H2,17,18,19). The summed E-state index contributed by atoms with van der Waals surface area (Å²) in [5, 5.41) is 7.57. The summed E-state index contributed by atoms with van der Waals surface area (Å²) < 4.78 is 0. The summed E-state index contributed by atoms with van der Waals surface area (Å²) in [4.78, 5) is 0. The monoisotopic (exact) mass is 276 g/mol. The highest BCUT2D eigenvalue weighted by Gasteiger charge is 2.16. The minimum atomic E-state index is 0.554. The van der Waals surface area contributed by atoms with E-state index in [2.05, 4.69) is 48.7 Å². The van der Waals surface area contributed by atoms with Crippen LogP contribution in [-0.2, 0) is 0 Å². The minimum absolute atomic E-state index is 0.554. The maximum atomic E-state index is 5.43. The van der Waals surface area contributed by atoms with Crippen LogP contribution >= 0.6 is 12.2 Å². The quantitative estimate of drug-likeness (QED) is 0.796. The van der Waals surface area contributed by atoms with Crippen LogP contribution in [0.25, 0.3) is 0 Å². The van der Waals surface area contributed by atoms with E-state index in [0.29, 0.717) is 12.0 Å². The second kappa shape index (κ2) is 6.90. The molecule has 0 aromatic heterocycles. The van der Waals surface area contributed by atoms with Crippen LogP contribution < -0.4 is 10.6 Å². The predicted molar refractivity (Wildman–Crippen MR) is 86.8 cm³/mol. The highest BCUT2D eigenvalue weighted by atomic mass is 32.1. The molecule has 2 N–H and O–H groups in total. The van der Waals surface area contributed by atoms with E-state index in [1.165, 1.54) is 31.2 Å². The van der Waals surface area contributed by atoms with Gasteiger partial charge >= 0.3 is 0 Å². The van der Waals surface area contributed by atoms with E-state index in [0.717, 1.165) is 17.2 Å². The van der Waals surface area contributed by atoms with Gasteiger partial charge in [-0.25, -0.2) is 0 Å². The Bertz CT molecular complexity index is 425. The Hall–Kier alpha value is -1.09. The number of hydrogen-bond donors (Lipinski definition) is 2. The fourth-order valence-electron chi connectivity index (χ4n) is 2.67. The molecule has 2 rings (SSSR count). The van der Waals surface area contributed by atoms with Crippen LogP contribution in [0.4, 0.5) is 5.69 Å². The van der Waals surface area contributed by atoms with Crippen LogP contribution in [-0.4, -0.2) is 11.2 Å². The van der Waals surface area contributed by atoms with Crippen LogP contribution in [0.3, 0.4) is 0 Å². The van der Waals surface area contributed by atoms with Gasteiger partial charge in [0.25, 0.3) is 0 Å². The van der Waals surface area contributed by atoms with Gasteiger partial charge in [-0.1, -0.05) is 44.9 Å². The SMILES string of the molecule is CCC(C)c1ccccc1NC(=S)NC1CCCC1. The molecule has 1 unspecified atom stereocenters. The maximum Gasteiger partial charge on any atom is 0.171 e. The zero-order chi connectivity index (χ0) is 13.7. The third-order valence-electron chi connectivity index (χ3n) is 4.04. The Balaban J connectivity index is 1.99. The second-order valence-electron chi connectivity index (χ2n) is 5.48. The van der Waals surface area contributed by atoms with Gasteiger partial charge in [0.05, 0.1) is 0 Å². The van der Waals surface area contributed by atoms with Crippen molar-refractivity contribution in [3.05, 3.63) is 29.8 Å². The third kappa shape index (κ3) is 3.93. The number of anilines is 1. The molecule has 2 nitrogen and oxygen atoms in total. The Kier molecular flexibility index (Phi) is 5.20.